The molecular weight excluding hydrogens is 534 g/mol. The molecule has 0 fully saturated rings. The number of amides is 1. The van der Waals surface area contributed by atoms with Crippen LogP contribution in [0.25, 0.3) is 16.8 Å². The van der Waals surface area contributed by atoms with Gasteiger partial charge in [-0.2, -0.15) is 0 Å². The summed E-state index contributed by atoms with van der Waals surface area (Å²) in [6, 6.07) is 20.9. The second-order valence-electron chi connectivity index (χ2n) is 10.4. The molecule has 3 aromatic rings. The van der Waals surface area contributed by atoms with Gasteiger partial charge in [0.15, 0.2) is 12.2 Å². The number of hydrogen-bond acceptors (Lipinski definition) is 5. The van der Waals surface area contributed by atoms with Crippen molar-refractivity contribution in [2.45, 2.75) is 64.6 Å². The number of fused-ring (bicyclic) bond motifs is 1. The SMILES string of the molecule is Cc1ccc(/C=C\CCCOC(C(=O)NCCCCCc2ccc3ccccc3c2)C(OCC(=O)O)C(=O)O)cc1C. The van der Waals surface area contributed by atoms with Crippen molar-refractivity contribution in [1.82, 2.24) is 5.32 Å². The molecule has 0 aromatic heterocycles. The van der Waals surface area contributed by atoms with E-state index >= 15 is 0 Å². The zero-order valence-electron chi connectivity index (χ0n) is 24.4. The number of aryl methyl sites for hydroxylation is 3. The lowest BCUT2D eigenvalue weighted by molar-refractivity contribution is -0.172. The molecule has 0 spiro atoms. The van der Waals surface area contributed by atoms with Crippen molar-refractivity contribution >= 4 is 34.7 Å². The first kappa shape index (κ1) is 32.5. The summed E-state index contributed by atoms with van der Waals surface area (Å²) in [5.74, 6) is -3.42. The Labute approximate surface area is 247 Å². The molecule has 3 rings (SSSR count). The molecule has 1 amide bonds. The predicted octanol–water partition coefficient (Wildman–Crippen LogP) is 5.72. The van der Waals surface area contributed by atoms with E-state index in [0.717, 1.165) is 24.8 Å². The van der Waals surface area contributed by atoms with Crippen LogP contribution in [-0.4, -0.2) is 60.0 Å². The minimum atomic E-state index is -1.74. The Morgan fingerprint density at radius 3 is 2.36 bits per heavy atom. The zero-order chi connectivity index (χ0) is 30.3. The first-order valence-corrected chi connectivity index (χ1v) is 14.4. The minimum absolute atomic E-state index is 0.112. The quantitative estimate of drug-likeness (QED) is 0.166. The second kappa shape index (κ2) is 17.1. The van der Waals surface area contributed by atoms with E-state index in [2.05, 4.69) is 61.6 Å². The molecule has 3 aromatic carbocycles. The summed E-state index contributed by atoms with van der Waals surface area (Å²) < 4.78 is 10.7. The number of aliphatic carboxylic acids is 2. The lowest BCUT2D eigenvalue weighted by Crippen LogP contribution is -2.49. The van der Waals surface area contributed by atoms with Crippen molar-refractivity contribution in [3.05, 3.63) is 89.0 Å². The lowest BCUT2D eigenvalue weighted by atomic mass is 10.0. The van der Waals surface area contributed by atoms with Gasteiger partial charge < -0.3 is 25.0 Å². The molecule has 0 aliphatic carbocycles. The van der Waals surface area contributed by atoms with E-state index in [4.69, 9.17) is 14.6 Å². The molecule has 0 aliphatic rings. The highest BCUT2D eigenvalue weighted by atomic mass is 16.6. The molecular formula is C34H41NO7. The van der Waals surface area contributed by atoms with E-state index < -0.39 is 36.7 Å². The molecule has 3 N–H and O–H groups in total. The van der Waals surface area contributed by atoms with Crippen LogP contribution in [0, 0.1) is 13.8 Å². The van der Waals surface area contributed by atoms with Crippen molar-refractivity contribution in [1.29, 1.82) is 0 Å². The van der Waals surface area contributed by atoms with Crippen LogP contribution in [0.1, 0.15) is 54.4 Å². The van der Waals surface area contributed by atoms with Gasteiger partial charge in [-0.15, -0.1) is 0 Å². The van der Waals surface area contributed by atoms with Crippen molar-refractivity contribution < 1.29 is 34.1 Å². The van der Waals surface area contributed by atoms with E-state index in [0.29, 0.717) is 25.8 Å². The molecule has 0 heterocycles. The fourth-order valence-corrected chi connectivity index (χ4v) is 4.59. The van der Waals surface area contributed by atoms with Crippen LogP contribution in [0.3, 0.4) is 0 Å². The topological polar surface area (TPSA) is 122 Å². The summed E-state index contributed by atoms with van der Waals surface area (Å²) in [5.41, 5.74) is 4.78. The number of allylic oxidation sites excluding steroid dienone is 1. The number of carboxylic acid groups (broad SMARTS) is 2. The molecule has 224 valence electrons. The number of benzene rings is 3. The van der Waals surface area contributed by atoms with Crippen molar-refractivity contribution in [3.63, 3.8) is 0 Å². The number of nitrogens with one attached hydrogen (secondary N) is 1. The van der Waals surface area contributed by atoms with Gasteiger partial charge in [-0.1, -0.05) is 79.2 Å². The van der Waals surface area contributed by atoms with E-state index in [9.17, 15) is 19.5 Å². The highest BCUT2D eigenvalue weighted by Crippen LogP contribution is 2.17. The van der Waals surface area contributed by atoms with E-state index in [1.54, 1.807) is 0 Å². The van der Waals surface area contributed by atoms with Gasteiger partial charge in [0, 0.05) is 13.2 Å². The molecule has 2 unspecified atom stereocenters. The van der Waals surface area contributed by atoms with Crippen molar-refractivity contribution in [2.24, 2.45) is 0 Å². The summed E-state index contributed by atoms with van der Waals surface area (Å²) in [6.07, 6.45) is 5.46. The first-order valence-electron chi connectivity index (χ1n) is 14.4. The number of carbonyl (C=O) groups excluding carboxylic acids is 1. The van der Waals surface area contributed by atoms with Gasteiger partial charge in [-0.25, -0.2) is 9.59 Å². The second-order valence-corrected chi connectivity index (χ2v) is 10.4. The molecule has 8 nitrogen and oxygen atoms in total. The Morgan fingerprint density at radius 2 is 1.62 bits per heavy atom. The molecule has 2 atom stereocenters. The molecule has 0 bridgehead atoms. The smallest absolute Gasteiger partial charge is 0.336 e. The van der Waals surface area contributed by atoms with E-state index in [1.807, 2.05) is 30.4 Å². The summed E-state index contributed by atoms with van der Waals surface area (Å²) in [5, 5.41) is 23.8. The number of hydrogen-bond donors (Lipinski definition) is 3. The molecule has 0 saturated carbocycles. The predicted molar refractivity (Wildman–Crippen MR) is 163 cm³/mol. The average Bonchev–Trinajstić information content (AvgIpc) is 2.96. The van der Waals surface area contributed by atoms with Crippen molar-refractivity contribution in [2.75, 3.05) is 19.8 Å². The normalized spacial score (nSPS) is 12.8. The van der Waals surface area contributed by atoms with Crippen LogP contribution >= 0.6 is 0 Å². The van der Waals surface area contributed by atoms with Crippen LogP contribution in [0.4, 0.5) is 0 Å². The summed E-state index contributed by atoms with van der Waals surface area (Å²) in [4.78, 5) is 35.8. The van der Waals surface area contributed by atoms with E-state index in [-0.39, 0.29) is 6.61 Å². The van der Waals surface area contributed by atoms with Gasteiger partial charge in [-0.3, -0.25) is 4.79 Å². The summed E-state index contributed by atoms with van der Waals surface area (Å²) in [7, 11) is 0. The average molecular weight is 576 g/mol. The number of ether oxygens (including phenoxy) is 2. The maximum absolute atomic E-state index is 12.9. The Kier molecular flexibility index (Phi) is 13.2. The number of rotatable bonds is 18. The largest absolute Gasteiger partial charge is 0.480 e. The lowest BCUT2D eigenvalue weighted by Gasteiger charge is -2.23. The van der Waals surface area contributed by atoms with E-state index in [1.165, 1.54) is 27.5 Å². The monoisotopic (exact) mass is 575 g/mol. The highest BCUT2D eigenvalue weighted by Gasteiger charge is 2.36. The Bertz CT molecular complexity index is 1370. The van der Waals surface area contributed by atoms with Crippen LogP contribution in [-0.2, 0) is 30.3 Å². The maximum atomic E-state index is 12.9. The van der Waals surface area contributed by atoms with Gasteiger partial charge in [0.1, 0.15) is 6.61 Å². The van der Waals surface area contributed by atoms with Crippen molar-refractivity contribution in [3.8, 4) is 0 Å². The number of carboxylic acids is 2. The van der Waals surface area contributed by atoms with Gasteiger partial charge in [0.25, 0.3) is 5.91 Å². The fourth-order valence-electron chi connectivity index (χ4n) is 4.59. The summed E-state index contributed by atoms with van der Waals surface area (Å²) >= 11 is 0. The highest BCUT2D eigenvalue weighted by molar-refractivity contribution is 5.88. The Balaban J connectivity index is 1.46. The number of unbranched alkanes of at least 4 members (excludes halogenated alkanes) is 3. The molecule has 0 aliphatic heterocycles. The molecule has 0 saturated heterocycles. The maximum Gasteiger partial charge on any atom is 0.336 e. The third kappa shape index (κ3) is 10.8. The van der Waals surface area contributed by atoms with Crippen LogP contribution in [0.5, 0.6) is 0 Å². The van der Waals surface area contributed by atoms with Crippen LogP contribution < -0.4 is 5.32 Å². The number of carbonyl (C=O) groups is 3. The van der Waals surface area contributed by atoms with Gasteiger partial charge in [-0.05, 0) is 79.0 Å². The fraction of sp³-hybridized carbons (Fsp3) is 0.382. The Hall–Kier alpha value is -4.01. The molecule has 42 heavy (non-hydrogen) atoms. The first-order chi connectivity index (χ1) is 20.2. The van der Waals surface area contributed by atoms with Gasteiger partial charge in [0.05, 0.1) is 0 Å². The molecule has 8 heteroatoms. The standard InChI is InChI=1S/C34H41NO7/c1-24-15-16-26(21-25(24)2)11-6-4-10-20-41-31(32(34(39)40)42-23-30(36)37)33(38)35-19-9-3-5-12-27-17-18-28-13-7-8-14-29(28)22-27/h6-8,11,13-18,21-22,31-32H,3-5,9-10,12,19-20,23H2,1-2H3,(H,35,38)(H,36,37)(H,39,40)/b11-6-. The third-order valence-electron chi connectivity index (χ3n) is 7.07. The van der Waals surface area contributed by atoms with Gasteiger partial charge >= 0.3 is 11.9 Å². The van der Waals surface area contributed by atoms with Gasteiger partial charge in [0.2, 0.25) is 0 Å². The molecule has 0 radical (unpaired) electrons. The minimum Gasteiger partial charge on any atom is -0.480 e. The zero-order valence-corrected chi connectivity index (χ0v) is 24.4. The van der Waals surface area contributed by atoms with Crippen LogP contribution in [0.15, 0.2) is 66.7 Å². The third-order valence-corrected chi connectivity index (χ3v) is 7.07. The summed E-state index contributed by atoms with van der Waals surface area (Å²) in [6.45, 7) is 3.73. The van der Waals surface area contributed by atoms with Crippen LogP contribution in [0.2, 0.25) is 0 Å². The Morgan fingerprint density at radius 1 is 0.833 bits per heavy atom.